The fourth-order valence-electron chi connectivity index (χ4n) is 13.4. The Morgan fingerprint density at radius 2 is 0.558 bits per heavy atom. The van der Waals surface area contributed by atoms with E-state index in [4.69, 9.17) is 0 Å². The molecule has 2 aliphatic rings. The number of benzene rings is 1. The lowest BCUT2D eigenvalue weighted by atomic mass is 10.2. The molecule has 0 aromatic heterocycles. The highest BCUT2D eigenvalue weighted by molar-refractivity contribution is 8.31. The van der Waals surface area contributed by atoms with E-state index in [1.54, 1.807) is 11.6 Å². The first-order chi connectivity index (χ1) is 18.6. The Bertz CT molecular complexity index is 1120. The molecule has 2 aliphatic heterocycles. The first-order valence-electron chi connectivity index (χ1n) is 17.6. The molecule has 0 spiro atoms. The quantitative estimate of drug-likeness (QED) is 0.266. The third-order valence-electron chi connectivity index (χ3n) is 21.1. The molecule has 1 aromatic carbocycles. The van der Waals surface area contributed by atoms with Crippen LogP contribution in [-0.4, -0.2) is 91.5 Å². The summed E-state index contributed by atoms with van der Waals surface area (Å²) in [5.74, 6) is 0. The molecule has 2 saturated heterocycles. The summed E-state index contributed by atoms with van der Waals surface area (Å²) in [7, 11) is -15.7. The minimum atomic E-state index is -1.75. The average Bonchev–Trinajstić information content (AvgIpc) is 2.85. The van der Waals surface area contributed by atoms with Crippen molar-refractivity contribution in [1.29, 1.82) is 0 Å². The standard InChI is InChI=1S/C30H76Si13/c1-31(2)33(5,6)37(13,14)42(22,38(15,16)34(31,7)8)41(21,29-30-27-25-24-26-28-30)43(23)39(17,18)35(9,10)32(3,4)36(11,12)40(43,19)20/h24-28H,29H2,1-23H3. The Morgan fingerprint density at radius 1 is 0.349 bits per heavy atom. The van der Waals surface area contributed by atoms with Gasteiger partial charge in [0.25, 0.3) is 0 Å². The number of rotatable bonds is 4. The van der Waals surface area contributed by atoms with E-state index in [-0.39, 0.29) is 0 Å². The highest BCUT2D eigenvalue weighted by atomic mass is 30.4. The first kappa shape index (κ1) is 39.5. The van der Waals surface area contributed by atoms with Crippen LogP contribution in [0.25, 0.3) is 0 Å². The molecule has 3 rings (SSSR count). The lowest BCUT2D eigenvalue weighted by Gasteiger charge is -2.83. The first-order valence-corrected chi connectivity index (χ1v) is 69.3. The molecule has 0 saturated carbocycles. The third-order valence-corrected chi connectivity index (χ3v) is 408. The van der Waals surface area contributed by atoms with Crippen LogP contribution in [0, 0.1) is 0 Å². The second kappa shape index (κ2) is 10.3. The smallest absolute Gasteiger partial charge is 0.0335 e. The van der Waals surface area contributed by atoms with E-state index in [9.17, 15) is 0 Å². The van der Waals surface area contributed by atoms with Gasteiger partial charge >= 0.3 is 0 Å². The van der Waals surface area contributed by atoms with Gasteiger partial charge < -0.3 is 0 Å². The summed E-state index contributed by atoms with van der Waals surface area (Å²) in [6.45, 7) is 68.2. The predicted octanol–water partition coefficient (Wildman–Crippen LogP) is 10.2. The van der Waals surface area contributed by atoms with Gasteiger partial charge in [-0.05, 0) is 6.04 Å². The van der Waals surface area contributed by atoms with Crippen LogP contribution in [0.1, 0.15) is 5.56 Å². The monoisotopic (exact) mass is 800 g/mol. The molecule has 2 heterocycles. The molecular weight excluding hydrogens is 725 g/mol. The van der Waals surface area contributed by atoms with Crippen molar-refractivity contribution >= 4 is 91.5 Å². The van der Waals surface area contributed by atoms with Crippen LogP contribution in [0.5, 0.6) is 0 Å². The summed E-state index contributed by atoms with van der Waals surface area (Å²) in [5.41, 5.74) is 1.78. The van der Waals surface area contributed by atoms with Crippen molar-refractivity contribution in [3.63, 3.8) is 0 Å². The van der Waals surface area contributed by atoms with Gasteiger partial charge in [-0.2, -0.15) is 0 Å². The Labute approximate surface area is 281 Å². The second-order valence-electron chi connectivity index (χ2n) is 21.5. The van der Waals surface area contributed by atoms with E-state index < -0.39 is 91.5 Å². The van der Waals surface area contributed by atoms with Gasteiger partial charge in [0.05, 0.1) is 0 Å². The van der Waals surface area contributed by atoms with E-state index >= 15 is 0 Å². The van der Waals surface area contributed by atoms with Crippen LogP contribution in [-0.2, 0) is 6.04 Å². The largest absolute Gasteiger partial charge is 0.0752 e. The second-order valence-corrected chi connectivity index (χ2v) is 187. The molecule has 0 radical (unpaired) electrons. The summed E-state index contributed by atoms with van der Waals surface area (Å²) in [4.78, 5) is 0. The van der Waals surface area contributed by atoms with Crippen molar-refractivity contribution in [1.82, 2.24) is 0 Å². The molecule has 0 nitrogen and oxygen atoms in total. The zero-order valence-corrected chi connectivity index (χ0v) is 46.6. The van der Waals surface area contributed by atoms with Crippen LogP contribution in [0.4, 0.5) is 0 Å². The molecular formula is C30H76Si13. The molecule has 0 unspecified atom stereocenters. The summed E-state index contributed by atoms with van der Waals surface area (Å²) in [6.07, 6.45) is 0. The summed E-state index contributed by atoms with van der Waals surface area (Å²) < 4.78 is 0. The molecule has 43 heavy (non-hydrogen) atoms. The Morgan fingerprint density at radius 3 is 0.791 bits per heavy atom. The predicted molar refractivity (Wildman–Crippen MR) is 240 cm³/mol. The normalized spacial score (nSPS) is 31.1. The molecule has 248 valence electrons. The zero-order chi connectivity index (χ0) is 34.3. The summed E-state index contributed by atoms with van der Waals surface area (Å²) in [6, 6.07) is 14.0. The van der Waals surface area contributed by atoms with E-state index in [0.29, 0.717) is 0 Å². The van der Waals surface area contributed by atoms with Gasteiger partial charge in [-0.1, -0.05) is 186 Å². The maximum atomic E-state index is 3.31. The Kier molecular flexibility index (Phi) is 9.45. The van der Waals surface area contributed by atoms with Gasteiger partial charge in [0.1, 0.15) is 0 Å². The SMILES string of the molecule is C[Si]1(C)[Si](C)(C)[Si](C)(C)[Si](C)([Si](C)(Cc2ccccc2)[Si]2(C)[Si](C)(C)[Si](C)(C)[Si](C)(C)[Si](C)(C)[Si]2(C)C)[Si](C)(C)[Si]1(C)C. The minimum Gasteiger partial charge on any atom is -0.0752 e. The van der Waals surface area contributed by atoms with Crippen molar-refractivity contribution in [2.24, 2.45) is 0 Å². The van der Waals surface area contributed by atoms with Crippen molar-refractivity contribution < 1.29 is 0 Å². The van der Waals surface area contributed by atoms with Crippen LogP contribution >= 0.6 is 0 Å². The lowest BCUT2D eigenvalue weighted by Crippen LogP contribution is -3.13. The van der Waals surface area contributed by atoms with Gasteiger partial charge in [-0.3, -0.25) is 0 Å². The minimum absolute atomic E-state index is 1.28. The van der Waals surface area contributed by atoms with Crippen molar-refractivity contribution in [2.75, 3.05) is 0 Å². The van der Waals surface area contributed by atoms with Gasteiger partial charge in [-0.25, -0.2) is 0 Å². The molecule has 0 aliphatic carbocycles. The maximum Gasteiger partial charge on any atom is 0.0335 e. The van der Waals surface area contributed by atoms with Gasteiger partial charge in [0.2, 0.25) is 0 Å². The third kappa shape index (κ3) is 3.91. The van der Waals surface area contributed by atoms with E-state index in [2.05, 4.69) is 181 Å². The van der Waals surface area contributed by atoms with Crippen LogP contribution in [0.2, 0.25) is 151 Å². The topological polar surface area (TPSA) is 0 Å². The molecule has 0 atom stereocenters. The highest BCUT2D eigenvalue weighted by Gasteiger charge is 2.88. The summed E-state index contributed by atoms with van der Waals surface area (Å²) in [5, 5.41) is 0. The van der Waals surface area contributed by atoms with Crippen LogP contribution in [0.3, 0.4) is 0 Å². The van der Waals surface area contributed by atoms with Gasteiger partial charge in [-0.15, -0.1) is 0 Å². The van der Waals surface area contributed by atoms with Crippen LogP contribution < -0.4 is 0 Å². The number of hydrogen-bond donors (Lipinski definition) is 0. The molecule has 0 bridgehead atoms. The highest BCUT2D eigenvalue weighted by Crippen LogP contribution is 2.61. The van der Waals surface area contributed by atoms with Crippen molar-refractivity contribution in [3.8, 4) is 0 Å². The molecule has 0 N–H and O–H groups in total. The summed E-state index contributed by atoms with van der Waals surface area (Å²) >= 11 is 0. The fraction of sp³-hybridized carbons (Fsp3) is 0.800. The average molecular weight is 802 g/mol. The maximum absolute atomic E-state index is 3.31. The lowest BCUT2D eigenvalue weighted by molar-refractivity contribution is 1.36. The molecule has 1 aromatic rings. The van der Waals surface area contributed by atoms with E-state index in [1.165, 1.54) is 0 Å². The van der Waals surface area contributed by atoms with Gasteiger partial charge in [0.15, 0.2) is 0 Å². The Balaban J connectivity index is 2.72. The molecule has 2 fully saturated rings. The zero-order valence-electron chi connectivity index (χ0n) is 33.6. The van der Waals surface area contributed by atoms with Crippen molar-refractivity contribution in [3.05, 3.63) is 35.9 Å². The fourth-order valence-corrected chi connectivity index (χ4v) is 735. The Hall–Kier alpha value is 2.04. The van der Waals surface area contributed by atoms with E-state index in [1.807, 2.05) is 0 Å². The molecule has 13 heteroatoms. The van der Waals surface area contributed by atoms with Gasteiger partial charge in [0, 0.05) is 91.5 Å². The molecule has 0 amide bonds. The van der Waals surface area contributed by atoms with Crippen LogP contribution in [0.15, 0.2) is 30.3 Å². The van der Waals surface area contributed by atoms with E-state index in [0.717, 1.165) is 0 Å². The number of hydrogen-bond acceptors (Lipinski definition) is 0. The van der Waals surface area contributed by atoms with Crippen molar-refractivity contribution in [2.45, 2.75) is 157 Å².